The zero-order valence-electron chi connectivity index (χ0n) is 13.2. The molecule has 0 bridgehead atoms. The van der Waals surface area contributed by atoms with Crippen LogP contribution in [-0.4, -0.2) is 52.3 Å². The molecule has 3 atom stereocenters. The first-order valence-corrected chi connectivity index (χ1v) is 7.44. The highest BCUT2D eigenvalue weighted by Gasteiger charge is 2.39. The summed E-state index contributed by atoms with van der Waals surface area (Å²) in [6, 6.07) is 4.23. The summed E-state index contributed by atoms with van der Waals surface area (Å²) in [7, 11) is 0. The Kier molecular flexibility index (Phi) is 5.00. The number of carbonyl (C=O) groups is 3. The number of nitrogens with zero attached hydrogens (tertiary/aromatic N) is 1. The molecular weight excluding hydrogens is 298 g/mol. The molecule has 7 heteroatoms. The van der Waals surface area contributed by atoms with Gasteiger partial charge < -0.3 is 21.1 Å². The fourth-order valence-corrected chi connectivity index (χ4v) is 2.57. The van der Waals surface area contributed by atoms with Crippen LogP contribution in [0.15, 0.2) is 24.3 Å². The summed E-state index contributed by atoms with van der Waals surface area (Å²) in [4.78, 5) is 37.7. The van der Waals surface area contributed by atoms with Crippen molar-refractivity contribution in [3.05, 3.63) is 29.8 Å². The van der Waals surface area contributed by atoms with Crippen LogP contribution in [0.3, 0.4) is 0 Å². The normalized spacial score (nSPS) is 22.4. The lowest BCUT2D eigenvalue weighted by molar-refractivity contribution is -0.147. The van der Waals surface area contributed by atoms with Crippen LogP contribution in [0.25, 0.3) is 0 Å². The summed E-state index contributed by atoms with van der Waals surface area (Å²) in [6.07, 6.45) is 0.287. The Morgan fingerprint density at radius 3 is 2.52 bits per heavy atom. The van der Waals surface area contributed by atoms with E-state index in [0.717, 1.165) is 5.56 Å². The number of rotatable bonds is 4. The fraction of sp³-hybridized carbons (Fsp3) is 0.438. The Morgan fingerprint density at radius 2 is 2.00 bits per heavy atom. The van der Waals surface area contributed by atoms with Crippen molar-refractivity contribution in [1.29, 1.82) is 0 Å². The molecule has 7 nitrogen and oxygen atoms in total. The van der Waals surface area contributed by atoms with Gasteiger partial charge in [-0.1, -0.05) is 12.1 Å². The van der Waals surface area contributed by atoms with Crippen LogP contribution >= 0.6 is 0 Å². The molecule has 0 spiro atoms. The average Bonchev–Trinajstić information content (AvgIpc) is 2.50. The lowest BCUT2D eigenvalue weighted by Crippen LogP contribution is -2.65. The second-order valence-corrected chi connectivity index (χ2v) is 5.84. The number of amides is 2. The molecule has 1 fully saturated rings. The van der Waals surface area contributed by atoms with Crippen molar-refractivity contribution in [2.45, 2.75) is 38.4 Å². The minimum absolute atomic E-state index is 0.115. The summed E-state index contributed by atoms with van der Waals surface area (Å²) >= 11 is 0. The number of hydrogen-bond acceptors (Lipinski definition) is 5. The van der Waals surface area contributed by atoms with E-state index in [0.29, 0.717) is 0 Å². The predicted molar refractivity (Wildman–Crippen MR) is 83.6 cm³/mol. The molecule has 1 aliphatic rings. The number of nitrogens with one attached hydrogen (secondary N) is 1. The first kappa shape index (κ1) is 17.0. The van der Waals surface area contributed by atoms with Gasteiger partial charge in [-0.05, 0) is 31.5 Å². The van der Waals surface area contributed by atoms with E-state index in [1.165, 1.54) is 24.0 Å². The van der Waals surface area contributed by atoms with Crippen LogP contribution in [0.2, 0.25) is 0 Å². The topological polar surface area (TPSA) is 113 Å². The average molecular weight is 319 g/mol. The van der Waals surface area contributed by atoms with Crippen LogP contribution in [0.5, 0.6) is 5.75 Å². The van der Waals surface area contributed by atoms with Gasteiger partial charge in [0, 0.05) is 13.0 Å². The highest BCUT2D eigenvalue weighted by atomic mass is 16.3. The Balaban J connectivity index is 2.25. The fourth-order valence-electron chi connectivity index (χ4n) is 2.57. The van der Waals surface area contributed by atoms with Gasteiger partial charge in [-0.15, -0.1) is 0 Å². The molecule has 2 amide bonds. The maximum absolute atomic E-state index is 12.4. The maximum atomic E-state index is 12.4. The molecular formula is C16H21N3O4. The molecule has 2 rings (SSSR count). The zero-order chi connectivity index (χ0) is 17.1. The molecule has 4 N–H and O–H groups in total. The van der Waals surface area contributed by atoms with E-state index < -0.39 is 18.1 Å². The molecule has 1 saturated heterocycles. The van der Waals surface area contributed by atoms with Gasteiger partial charge in [-0.25, -0.2) is 0 Å². The Hall–Kier alpha value is -2.41. The molecule has 1 aliphatic heterocycles. The number of piperazine rings is 1. The van der Waals surface area contributed by atoms with Crippen molar-refractivity contribution in [3.63, 3.8) is 0 Å². The predicted octanol–water partition coefficient (Wildman–Crippen LogP) is -0.433. The molecule has 1 aromatic carbocycles. The highest BCUT2D eigenvalue weighted by Crippen LogP contribution is 2.18. The molecule has 0 radical (unpaired) electrons. The van der Waals surface area contributed by atoms with Crippen LogP contribution in [0.1, 0.15) is 19.4 Å². The summed E-state index contributed by atoms with van der Waals surface area (Å²) in [5.41, 5.74) is 6.47. The first-order chi connectivity index (χ1) is 10.8. The number of aromatic hydroxyl groups is 1. The van der Waals surface area contributed by atoms with E-state index in [1.807, 2.05) is 0 Å². The smallest absolute Gasteiger partial charge is 0.243 e. The monoisotopic (exact) mass is 319 g/mol. The third-order valence-corrected chi connectivity index (χ3v) is 3.90. The lowest BCUT2D eigenvalue weighted by Gasteiger charge is -2.39. The van der Waals surface area contributed by atoms with E-state index in [1.54, 1.807) is 19.1 Å². The van der Waals surface area contributed by atoms with Gasteiger partial charge in [0.25, 0.3) is 0 Å². The van der Waals surface area contributed by atoms with Crippen LogP contribution in [0.4, 0.5) is 0 Å². The first-order valence-electron chi connectivity index (χ1n) is 7.44. The van der Waals surface area contributed by atoms with E-state index >= 15 is 0 Å². The van der Waals surface area contributed by atoms with Gasteiger partial charge in [0.2, 0.25) is 11.8 Å². The number of carbonyl (C=O) groups excluding carboxylic acids is 3. The van der Waals surface area contributed by atoms with E-state index in [2.05, 4.69) is 5.32 Å². The molecule has 124 valence electrons. The van der Waals surface area contributed by atoms with Crippen molar-refractivity contribution < 1.29 is 19.5 Å². The van der Waals surface area contributed by atoms with Crippen molar-refractivity contribution in [1.82, 2.24) is 10.2 Å². The van der Waals surface area contributed by atoms with Gasteiger partial charge in [0.1, 0.15) is 17.8 Å². The summed E-state index contributed by atoms with van der Waals surface area (Å²) < 4.78 is 0. The van der Waals surface area contributed by atoms with Gasteiger partial charge in [0.15, 0.2) is 5.78 Å². The summed E-state index contributed by atoms with van der Waals surface area (Å²) in [5, 5.41) is 12.0. The zero-order valence-corrected chi connectivity index (χ0v) is 13.2. The highest BCUT2D eigenvalue weighted by molar-refractivity contribution is 5.95. The Bertz CT molecular complexity index is 612. The van der Waals surface area contributed by atoms with Gasteiger partial charge in [0.05, 0.1) is 6.04 Å². The standard InChI is InChI=1S/C16H21N3O4/c1-9(17)16(23)19-8-13(10(2)20)18-15(22)14(19)7-11-3-5-12(21)6-4-11/h3-6,9,13-14,21H,7-8,17H2,1-2H3,(H,18,22)/t9-,13+,14-/m0/s1. The third-order valence-electron chi connectivity index (χ3n) is 3.90. The SMILES string of the molecule is CC(=O)[C@H]1CN(C(=O)[C@H](C)N)[C@@H](Cc2ccc(O)cc2)C(=O)N1. The molecule has 0 aromatic heterocycles. The van der Waals surface area contributed by atoms with E-state index in [-0.39, 0.29) is 36.3 Å². The van der Waals surface area contributed by atoms with Crippen molar-refractivity contribution in [2.24, 2.45) is 5.73 Å². The summed E-state index contributed by atoms with van der Waals surface area (Å²) in [5.74, 6) is -0.820. The van der Waals surface area contributed by atoms with Crippen LogP contribution in [0, 0.1) is 0 Å². The second-order valence-electron chi connectivity index (χ2n) is 5.84. The minimum Gasteiger partial charge on any atom is -0.508 e. The summed E-state index contributed by atoms with van der Waals surface area (Å²) in [6.45, 7) is 3.04. The lowest BCUT2D eigenvalue weighted by atomic mass is 9.98. The molecule has 0 unspecified atom stereocenters. The van der Waals surface area contributed by atoms with Gasteiger partial charge >= 0.3 is 0 Å². The second kappa shape index (κ2) is 6.78. The largest absolute Gasteiger partial charge is 0.508 e. The quantitative estimate of drug-likeness (QED) is 0.697. The Morgan fingerprint density at radius 1 is 1.39 bits per heavy atom. The number of benzene rings is 1. The van der Waals surface area contributed by atoms with Gasteiger partial charge in [-0.3, -0.25) is 14.4 Å². The minimum atomic E-state index is -0.754. The molecule has 23 heavy (non-hydrogen) atoms. The number of Topliss-reactive ketones (excluding diaryl/α,β-unsaturated/α-hetero) is 1. The number of hydrogen-bond donors (Lipinski definition) is 3. The van der Waals surface area contributed by atoms with Crippen LogP contribution in [-0.2, 0) is 20.8 Å². The Labute approximate surface area is 134 Å². The maximum Gasteiger partial charge on any atom is 0.243 e. The van der Waals surface area contributed by atoms with Crippen molar-refractivity contribution in [3.8, 4) is 5.75 Å². The number of ketones is 1. The molecule has 0 aliphatic carbocycles. The van der Waals surface area contributed by atoms with E-state index in [9.17, 15) is 19.5 Å². The molecule has 1 aromatic rings. The van der Waals surface area contributed by atoms with E-state index in [4.69, 9.17) is 5.73 Å². The third kappa shape index (κ3) is 3.87. The molecule has 1 heterocycles. The van der Waals surface area contributed by atoms with Crippen LogP contribution < -0.4 is 11.1 Å². The number of phenols is 1. The number of nitrogens with two attached hydrogens (primary N) is 1. The van der Waals surface area contributed by atoms with Crippen molar-refractivity contribution >= 4 is 17.6 Å². The van der Waals surface area contributed by atoms with Gasteiger partial charge in [-0.2, -0.15) is 0 Å². The van der Waals surface area contributed by atoms with Crippen molar-refractivity contribution in [2.75, 3.05) is 6.54 Å². The number of phenolic OH excluding ortho intramolecular Hbond substituents is 1. The molecule has 0 saturated carbocycles.